The third kappa shape index (κ3) is 6.63. The molecular formula is C32H34FN3O4. The van der Waals surface area contributed by atoms with Gasteiger partial charge >= 0.3 is 0 Å². The van der Waals surface area contributed by atoms with Crippen molar-refractivity contribution in [1.29, 1.82) is 0 Å². The minimum Gasteiger partial charge on any atom is -0.497 e. The fraction of sp³-hybridized carbons (Fsp3) is 0.281. The van der Waals surface area contributed by atoms with Crippen LogP contribution in [0.25, 0.3) is 0 Å². The van der Waals surface area contributed by atoms with Gasteiger partial charge in [0.15, 0.2) is 5.76 Å². The van der Waals surface area contributed by atoms with Crippen LogP contribution in [0.1, 0.15) is 27.4 Å². The normalized spacial score (nSPS) is 13.5. The van der Waals surface area contributed by atoms with Gasteiger partial charge in [-0.05, 0) is 59.7 Å². The number of piperazine rings is 1. The molecule has 8 heteroatoms. The first-order valence-electron chi connectivity index (χ1n) is 13.4. The van der Waals surface area contributed by atoms with E-state index in [9.17, 15) is 9.18 Å². The number of carbonyl (C=O) groups is 1. The van der Waals surface area contributed by atoms with Gasteiger partial charge in [-0.2, -0.15) is 0 Å². The number of anilines is 1. The highest BCUT2D eigenvalue weighted by Gasteiger charge is 2.26. The van der Waals surface area contributed by atoms with E-state index in [2.05, 4.69) is 9.80 Å². The number of halogens is 1. The number of hydrogen-bond acceptors (Lipinski definition) is 6. The molecule has 0 aliphatic carbocycles. The molecule has 1 fully saturated rings. The molecular weight excluding hydrogens is 509 g/mol. The van der Waals surface area contributed by atoms with Crippen molar-refractivity contribution >= 4 is 11.6 Å². The van der Waals surface area contributed by atoms with Crippen LogP contribution in [0.5, 0.6) is 11.5 Å². The molecule has 7 nitrogen and oxygen atoms in total. The Hall–Kier alpha value is -4.30. The smallest absolute Gasteiger partial charge is 0.289 e. The van der Waals surface area contributed by atoms with Crippen molar-refractivity contribution < 1.29 is 23.1 Å². The summed E-state index contributed by atoms with van der Waals surface area (Å²) in [5.74, 6) is 2.23. The maximum atomic E-state index is 13.9. The Bertz CT molecular complexity index is 1430. The van der Waals surface area contributed by atoms with Gasteiger partial charge in [0.1, 0.15) is 23.1 Å². The Morgan fingerprint density at radius 1 is 0.825 bits per heavy atom. The second-order valence-corrected chi connectivity index (χ2v) is 9.84. The van der Waals surface area contributed by atoms with Gasteiger partial charge in [-0.15, -0.1) is 0 Å². The highest BCUT2D eigenvalue weighted by molar-refractivity contribution is 5.91. The van der Waals surface area contributed by atoms with Gasteiger partial charge in [-0.25, -0.2) is 4.39 Å². The monoisotopic (exact) mass is 543 g/mol. The Morgan fingerprint density at radius 2 is 1.55 bits per heavy atom. The summed E-state index contributed by atoms with van der Waals surface area (Å²) in [5, 5.41) is 0. The van der Waals surface area contributed by atoms with Crippen molar-refractivity contribution in [3.63, 3.8) is 0 Å². The van der Waals surface area contributed by atoms with E-state index in [1.807, 2.05) is 65.6 Å². The molecule has 1 saturated heterocycles. The van der Waals surface area contributed by atoms with Gasteiger partial charge in [0, 0.05) is 39.3 Å². The molecule has 5 rings (SSSR count). The average molecular weight is 544 g/mol. The zero-order chi connectivity index (χ0) is 27.9. The fourth-order valence-corrected chi connectivity index (χ4v) is 5.09. The number of carbonyl (C=O) groups excluding carboxylic acids is 1. The molecule has 0 atom stereocenters. The third-order valence-electron chi connectivity index (χ3n) is 7.08. The predicted octanol–water partition coefficient (Wildman–Crippen LogP) is 5.60. The van der Waals surface area contributed by atoms with Crippen LogP contribution in [0.4, 0.5) is 10.1 Å². The minimum absolute atomic E-state index is 0.115. The van der Waals surface area contributed by atoms with E-state index in [0.717, 1.165) is 28.3 Å². The first-order chi connectivity index (χ1) is 19.5. The van der Waals surface area contributed by atoms with E-state index in [4.69, 9.17) is 13.9 Å². The molecule has 0 bridgehead atoms. The minimum atomic E-state index is -0.268. The van der Waals surface area contributed by atoms with Gasteiger partial charge in [0.25, 0.3) is 5.91 Å². The van der Waals surface area contributed by atoms with Crippen LogP contribution in [0.3, 0.4) is 0 Å². The Balaban J connectivity index is 1.25. The summed E-state index contributed by atoms with van der Waals surface area (Å²) in [7, 11) is 3.31. The van der Waals surface area contributed by atoms with E-state index >= 15 is 0 Å². The van der Waals surface area contributed by atoms with Crippen LogP contribution in [-0.4, -0.2) is 56.1 Å². The van der Waals surface area contributed by atoms with E-state index in [1.165, 1.54) is 6.07 Å². The molecule has 0 unspecified atom stereocenters. The van der Waals surface area contributed by atoms with Gasteiger partial charge in [-0.3, -0.25) is 9.69 Å². The molecule has 0 radical (unpaired) electrons. The van der Waals surface area contributed by atoms with Crippen molar-refractivity contribution in [3.8, 4) is 11.5 Å². The van der Waals surface area contributed by atoms with Crippen LogP contribution in [0.2, 0.25) is 0 Å². The second-order valence-electron chi connectivity index (χ2n) is 9.84. The molecule has 0 N–H and O–H groups in total. The number of ether oxygens (including phenoxy) is 2. The van der Waals surface area contributed by atoms with E-state index in [1.54, 1.807) is 32.4 Å². The molecule has 4 aromatic rings. The van der Waals surface area contributed by atoms with Crippen LogP contribution >= 0.6 is 0 Å². The molecule has 1 aromatic heterocycles. The van der Waals surface area contributed by atoms with Gasteiger partial charge in [0.05, 0.1) is 26.5 Å². The number of para-hydroxylation sites is 2. The van der Waals surface area contributed by atoms with Crippen molar-refractivity contribution in [3.05, 3.63) is 113 Å². The van der Waals surface area contributed by atoms with Crippen LogP contribution in [0, 0.1) is 5.82 Å². The zero-order valence-electron chi connectivity index (χ0n) is 22.9. The molecule has 0 spiro atoms. The lowest BCUT2D eigenvalue weighted by Crippen LogP contribution is -2.48. The second kappa shape index (κ2) is 12.7. The first-order valence-corrected chi connectivity index (χ1v) is 13.4. The number of benzene rings is 3. The maximum Gasteiger partial charge on any atom is 0.289 e. The first kappa shape index (κ1) is 27.3. The maximum absolute atomic E-state index is 13.9. The quantitative estimate of drug-likeness (QED) is 0.260. The lowest BCUT2D eigenvalue weighted by atomic mass is 10.1. The molecule has 0 saturated carbocycles. The van der Waals surface area contributed by atoms with Gasteiger partial charge in [0.2, 0.25) is 0 Å². The molecule has 40 heavy (non-hydrogen) atoms. The Kier molecular flexibility index (Phi) is 8.66. The number of nitrogens with zero attached hydrogens (tertiary/aromatic N) is 3. The van der Waals surface area contributed by atoms with Crippen LogP contribution in [-0.2, 0) is 19.6 Å². The zero-order valence-corrected chi connectivity index (χ0v) is 22.9. The largest absolute Gasteiger partial charge is 0.497 e. The average Bonchev–Trinajstić information content (AvgIpc) is 3.45. The van der Waals surface area contributed by atoms with E-state index < -0.39 is 0 Å². The van der Waals surface area contributed by atoms with Gasteiger partial charge in [-0.1, -0.05) is 36.4 Å². The summed E-state index contributed by atoms with van der Waals surface area (Å²) < 4.78 is 30.8. The van der Waals surface area contributed by atoms with Crippen molar-refractivity contribution in [1.82, 2.24) is 9.80 Å². The summed E-state index contributed by atoms with van der Waals surface area (Å²) >= 11 is 0. The molecule has 2 heterocycles. The number of methoxy groups -OCH3 is 2. The predicted molar refractivity (Wildman–Crippen MR) is 152 cm³/mol. The number of rotatable bonds is 10. The lowest BCUT2D eigenvalue weighted by Gasteiger charge is -2.36. The number of amides is 1. The Labute approximate surface area is 234 Å². The summed E-state index contributed by atoms with van der Waals surface area (Å²) in [6.07, 6.45) is 0. The number of furan rings is 1. The third-order valence-corrected chi connectivity index (χ3v) is 7.08. The summed E-state index contributed by atoms with van der Waals surface area (Å²) in [4.78, 5) is 19.5. The molecule has 1 aliphatic rings. The van der Waals surface area contributed by atoms with Crippen LogP contribution < -0.4 is 14.4 Å². The van der Waals surface area contributed by atoms with Gasteiger partial charge < -0.3 is 23.7 Å². The molecule has 1 amide bonds. The molecule has 1 aliphatic heterocycles. The summed E-state index contributed by atoms with van der Waals surface area (Å²) in [6.45, 7) is 4.18. The lowest BCUT2D eigenvalue weighted by molar-refractivity contribution is 0.0710. The van der Waals surface area contributed by atoms with Crippen molar-refractivity contribution in [2.75, 3.05) is 45.3 Å². The molecule has 3 aromatic carbocycles. The van der Waals surface area contributed by atoms with Crippen molar-refractivity contribution in [2.45, 2.75) is 19.6 Å². The fourth-order valence-electron chi connectivity index (χ4n) is 5.09. The SMILES string of the molecule is COc1cccc(CN(Cc2cccc(F)c2)Cc2ccc(C(=O)N3CCN(c4ccccc4OC)CC3)o2)c1. The summed E-state index contributed by atoms with van der Waals surface area (Å²) in [6, 6.07) is 26.0. The highest BCUT2D eigenvalue weighted by atomic mass is 19.1. The number of hydrogen-bond donors (Lipinski definition) is 0. The van der Waals surface area contributed by atoms with Crippen molar-refractivity contribution in [2.24, 2.45) is 0 Å². The molecule has 208 valence electrons. The van der Waals surface area contributed by atoms with E-state index in [0.29, 0.717) is 57.3 Å². The Morgan fingerprint density at radius 3 is 2.27 bits per heavy atom. The highest BCUT2D eigenvalue weighted by Crippen LogP contribution is 2.29. The summed E-state index contributed by atoms with van der Waals surface area (Å²) in [5.41, 5.74) is 2.96. The standard InChI is InChI=1S/C32H34FN3O4/c1-38-27-10-6-8-25(20-27)22-34(21-24-7-5-9-26(33)19-24)23-28-13-14-31(40-28)32(37)36-17-15-35(16-18-36)29-11-3-4-12-30(29)39-2/h3-14,19-20H,15-18,21-23H2,1-2H3. The van der Waals surface area contributed by atoms with Crippen LogP contribution in [0.15, 0.2) is 89.3 Å². The van der Waals surface area contributed by atoms with E-state index in [-0.39, 0.29) is 11.7 Å². The topological polar surface area (TPSA) is 58.4 Å².